The molecule has 2 N–H and O–H groups in total. The number of nitrogens with two attached hydrogens (primary N) is 1. The lowest BCUT2D eigenvalue weighted by Crippen LogP contribution is -2.43. The first-order chi connectivity index (χ1) is 13.6. The molecule has 0 saturated carbocycles. The second-order valence-corrected chi connectivity index (χ2v) is 8.25. The zero-order valence-corrected chi connectivity index (χ0v) is 16.9. The number of fused-ring (bicyclic) bond motifs is 1. The molecular formula is C21H25N5OS. The van der Waals surface area contributed by atoms with E-state index in [4.69, 9.17) is 5.84 Å². The first-order valence-electron chi connectivity index (χ1n) is 9.72. The van der Waals surface area contributed by atoms with Gasteiger partial charge in [0.15, 0.2) is 5.82 Å². The summed E-state index contributed by atoms with van der Waals surface area (Å²) >= 11 is 1.36. The Morgan fingerprint density at radius 3 is 2.86 bits per heavy atom. The zero-order chi connectivity index (χ0) is 19.5. The van der Waals surface area contributed by atoms with Crippen LogP contribution >= 0.6 is 11.8 Å². The number of carbonyl (C=O) groups is 1. The molecule has 1 aliphatic rings. The van der Waals surface area contributed by atoms with E-state index >= 15 is 0 Å². The Morgan fingerprint density at radius 1 is 1.18 bits per heavy atom. The summed E-state index contributed by atoms with van der Waals surface area (Å²) in [6.45, 7) is 2.97. The Morgan fingerprint density at radius 2 is 2.00 bits per heavy atom. The normalized spacial score (nSPS) is 17.2. The standard InChI is InChI=1S/C21H25N5OS/c1-15-7-4-5-12-25(15)20(27)14-28-21-24-23-19(26(21)22)13-17-10-6-9-16-8-2-3-11-18(16)17/h2-3,6,8-11,15H,4-5,7,12-14,22H2,1H3/t15-/m0/s1. The molecule has 0 spiro atoms. The summed E-state index contributed by atoms with van der Waals surface area (Å²) in [6, 6.07) is 14.8. The minimum absolute atomic E-state index is 0.149. The third kappa shape index (κ3) is 3.85. The molecule has 3 aromatic rings. The van der Waals surface area contributed by atoms with Gasteiger partial charge in [0.1, 0.15) is 0 Å². The highest BCUT2D eigenvalue weighted by molar-refractivity contribution is 7.99. The summed E-state index contributed by atoms with van der Waals surface area (Å²) in [5, 5.41) is 11.4. The average Bonchev–Trinajstić information content (AvgIpc) is 3.06. The number of aromatic nitrogens is 3. The maximum absolute atomic E-state index is 12.5. The molecule has 1 fully saturated rings. The smallest absolute Gasteiger partial charge is 0.233 e. The molecule has 2 aromatic carbocycles. The largest absolute Gasteiger partial charge is 0.339 e. The van der Waals surface area contributed by atoms with E-state index in [0.717, 1.165) is 24.9 Å². The van der Waals surface area contributed by atoms with Gasteiger partial charge in [-0.25, -0.2) is 4.68 Å². The van der Waals surface area contributed by atoms with Crippen LogP contribution in [0.2, 0.25) is 0 Å². The summed E-state index contributed by atoms with van der Waals surface area (Å²) in [6.07, 6.45) is 3.97. The van der Waals surface area contributed by atoms with Gasteiger partial charge >= 0.3 is 0 Å². The lowest BCUT2D eigenvalue weighted by molar-refractivity contribution is -0.131. The number of hydrogen-bond acceptors (Lipinski definition) is 5. The number of benzene rings is 2. The van der Waals surface area contributed by atoms with Gasteiger partial charge in [0.2, 0.25) is 11.1 Å². The molecule has 6 nitrogen and oxygen atoms in total. The van der Waals surface area contributed by atoms with Gasteiger partial charge in [-0.1, -0.05) is 54.2 Å². The number of hydrogen-bond donors (Lipinski definition) is 1. The van der Waals surface area contributed by atoms with E-state index in [0.29, 0.717) is 29.2 Å². The van der Waals surface area contributed by atoms with Crippen molar-refractivity contribution in [3.63, 3.8) is 0 Å². The van der Waals surface area contributed by atoms with Crippen LogP contribution in [0.1, 0.15) is 37.6 Å². The maximum Gasteiger partial charge on any atom is 0.233 e. The van der Waals surface area contributed by atoms with E-state index in [2.05, 4.69) is 41.4 Å². The third-order valence-corrected chi connectivity index (χ3v) is 6.34. The number of piperidine rings is 1. The molecule has 1 saturated heterocycles. The molecule has 146 valence electrons. The van der Waals surface area contributed by atoms with Gasteiger partial charge in [-0.2, -0.15) is 0 Å². The van der Waals surface area contributed by atoms with Gasteiger partial charge < -0.3 is 10.7 Å². The van der Waals surface area contributed by atoms with E-state index in [1.54, 1.807) is 0 Å². The van der Waals surface area contributed by atoms with Crippen molar-refractivity contribution in [1.29, 1.82) is 0 Å². The van der Waals surface area contributed by atoms with Crippen molar-refractivity contribution in [1.82, 2.24) is 19.8 Å². The average molecular weight is 396 g/mol. The van der Waals surface area contributed by atoms with Gasteiger partial charge in [-0.3, -0.25) is 4.79 Å². The van der Waals surface area contributed by atoms with Crippen molar-refractivity contribution in [2.24, 2.45) is 0 Å². The van der Waals surface area contributed by atoms with Crippen LogP contribution in [0.25, 0.3) is 10.8 Å². The van der Waals surface area contributed by atoms with E-state index in [9.17, 15) is 4.79 Å². The number of amides is 1. The van der Waals surface area contributed by atoms with Crippen molar-refractivity contribution in [3.8, 4) is 0 Å². The first-order valence-corrected chi connectivity index (χ1v) is 10.7. The molecule has 1 amide bonds. The van der Waals surface area contributed by atoms with Gasteiger partial charge in [0.05, 0.1) is 5.75 Å². The predicted molar refractivity (Wildman–Crippen MR) is 113 cm³/mol. The summed E-state index contributed by atoms with van der Waals surface area (Å²) in [5.74, 6) is 7.42. The number of nitrogens with zero attached hydrogens (tertiary/aromatic N) is 4. The Balaban J connectivity index is 1.45. The van der Waals surface area contributed by atoms with Crippen LogP contribution in [0.5, 0.6) is 0 Å². The van der Waals surface area contributed by atoms with Crippen molar-refractivity contribution < 1.29 is 4.79 Å². The van der Waals surface area contributed by atoms with E-state index in [1.807, 2.05) is 23.1 Å². The van der Waals surface area contributed by atoms with E-state index in [1.165, 1.54) is 33.6 Å². The molecule has 0 aliphatic carbocycles. The van der Waals surface area contributed by atoms with Crippen LogP contribution in [-0.2, 0) is 11.2 Å². The van der Waals surface area contributed by atoms with Crippen LogP contribution in [0.3, 0.4) is 0 Å². The molecule has 1 atom stereocenters. The second kappa shape index (κ2) is 8.22. The van der Waals surface area contributed by atoms with Crippen molar-refractivity contribution in [2.75, 3.05) is 18.1 Å². The van der Waals surface area contributed by atoms with Gasteiger partial charge in [0, 0.05) is 19.0 Å². The fraction of sp³-hybridized carbons (Fsp3) is 0.381. The highest BCUT2D eigenvalue weighted by Crippen LogP contribution is 2.23. The molecular weight excluding hydrogens is 370 g/mol. The third-order valence-electron chi connectivity index (χ3n) is 5.41. The highest BCUT2D eigenvalue weighted by atomic mass is 32.2. The zero-order valence-electron chi connectivity index (χ0n) is 16.0. The molecule has 1 aromatic heterocycles. The molecule has 0 unspecified atom stereocenters. The molecule has 7 heteroatoms. The van der Waals surface area contributed by atoms with Gasteiger partial charge in [0.25, 0.3) is 0 Å². The summed E-state index contributed by atoms with van der Waals surface area (Å²) in [5.41, 5.74) is 1.16. The van der Waals surface area contributed by atoms with Crippen LogP contribution < -0.4 is 5.84 Å². The molecule has 2 heterocycles. The van der Waals surface area contributed by atoms with Crippen molar-refractivity contribution in [3.05, 3.63) is 53.9 Å². The quantitative estimate of drug-likeness (QED) is 0.530. The van der Waals surface area contributed by atoms with Crippen LogP contribution in [0.4, 0.5) is 0 Å². The number of thioether (sulfide) groups is 1. The maximum atomic E-state index is 12.5. The molecule has 0 bridgehead atoms. The van der Waals surface area contributed by atoms with Crippen LogP contribution in [-0.4, -0.2) is 44.0 Å². The monoisotopic (exact) mass is 395 g/mol. The lowest BCUT2D eigenvalue weighted by atomic mass is 10.0. The number of rotatable bonds is 5. The second-order valence-electron chi connectivity index (χ2n) is 7.30. The topological polar surface area (TPSA) is 77.0 Å². The Labute approximate surface area is 169 Å². The van der Waals surface area contributed by atoms with Crippen molar-refractivity contribution in [2.45, 2.75) is 43.8 Å². The Hall–Kier alpha value is -2.54. The fourth-order valence-electron chi connectivity index (χ4n) is 3.82. The van der Waals surface area contributed by atoms with Gasteiger partial charge in [-0.05, 0) is 42.5 Å². The van der Waals surface area contributed by atoms with E-state index < -0.39 is 0 Å². The first kappa shape index (κ1) is 18.8. The number of nitrogen functional groups attached to an aromatic ring is 1. The fourth-order valence-corrected chi connectivity index (χ4v) is 4.58. The Kier molecular flexibility index (Phi) is 5.52. The minimum atomic E-state index is 0.149. The minimum Gasteiger partial charge on any atom is -0.339 e. The van der Waals surface area contributed by atoms with Crippen LogP contribution in [0.15, 0.2) is 47.6 Å². The molecule has 28 heavy (non-hydrogen) atoms. The molecule has 0 radical (unpaired) electrons. The lowest BCUT2D eigenvalue weighted by Gasteiger charge is -2.33. The molecule has 1 aliphatic heterocycles. The number of carbonyl (C=O) groups excluding carboxylic acids is 1. The van der Waals surface area contributed by atoms with Crippen LogP contribution in [0, 0.1) is 0 Å². The number of likely N-dealkylation sites (tertiary alicyclic amines) is 1. The summed E-state index contributed by atoms with van der Waals surface area (Å²) in [4.78, 5) is 14.5. The molecule has 4 rings (SSSR count). The highest BCUT2D eigenvalue weighted by Gasteiger charge is 2.23. The van der Waals surface area contributed by atoms with Gasteiger partial charge in [-0.15, -0.1) is 10.2 Å². The predicted octanol–water partition coefficient (Wildman–Crippen LogP) is 3.23. The summed E-state index contributed by atoms with van der Waals surface area (Å²) < 4.78 is 1.51. The summed E-state index contributed by atoms with van der Waals surface area (Å²) in [7, 11) is 0. The van der Waals surface area contributed by atoms with Crippen molar-refractivity contribution >= 4 is 28.4 Å². The SMILES string of the molecule is C[C@H]1CCCCN1C(=O)CSc1nnc(Cc2cccc3ccccc23)n1N. The Bertz CT molecular complexity index is 981. The van der Waals surface area contributed by atoms with E-state index in [-0.39, 0.29) is 5.91 Å².